The summed E-state index contributed by atoms with van der Waals surface area (Å²) in [6.45, 7) is 6.17. The van der Waals surface area contributed by atoms with Crippen LogP contribution in [-0.4, -0.2) is 11.9 Å². The summed E-state index contributed by atoms with van der Waals surface area (Å²) in [5.74, 6) is 0.373. The second-order valence-corrected chi connectivity index (χ2v) is 5.46. The third-order valence-corrected chi connectivity index (χ3v) is 3.39. The van der Waals surface area contributed by atoms with Crippen molar-refractivity contribution in [2.24, 2.45) is 0 Å². The van der Waals surface area contributed by atoms with E-state index in [0.29, 0.717) is 5.92 Å². The van der Waals surface area contributed by atoms with Crippen LogP contribution in [0.2, 0.25) is 0 Å². The molecule has 0 fully saturated rings. The molecule has 21 heavy (non-hydrogen) atoms. The highest BCUT2D eigenvalue weighted by Crippen LogP contribution is 2.24. The Morgan fingerprint density at radius 1 is 0.905 bits per heavy atom. The van der Waals surface area contributed by atoms with E-state index in [1.807, 2.05) is 55.5 Å². The van der Waals surface area contributed by atoms with Crippen LogP contribution >= 0.6 is 0 Å². The highest BCUT2D eigenvalue weighted by atomic mass is 16.2. The third kappa shape index (κ3) is 4.09. The van der Waals surface area contributed by atoms with Crippen molar-refractivity contribution in [2.75, 3.05) is 10.6 Å². The largest absolute Gasteiger partial charge is 0.374 e. The average Bonchev–Trinajstić information content (AvgIpc) is 2.48. The molecule has 3 heteroatoms. The Kier molecular flexibility index (Phi) is 4.99. The molecule has 0 aliphatic rings. The number of amides is 1. The standard InChI is InChI=1S/C18H22N2O/c1-13(2)16-11-7-8-12-17(16)19-14(3)18(21)20-15-9-5-4-6-10-15/h4-14,19H,1-3H3,(H,20,21). The molecule has 0 heterocycles. The monoisotopic (exact) mass is 282 g/mol. The zero-order valence-corrected chi connectivity index (χ0v) is 12.8. The Hall–Kier alpha value is -2.29. The lowest BCUT2D eigenvalue weighted by molar-refractivity contribution is -0.116. The van der Waals surface area contributed by atoms with E-state index in [2.05, 4.69) is 30.5 Å². The van der Waals surface area contributed by atoms with Crippen molar-refractivity contribution in [3.05, 3.63) is 60.2 Å². The predicted molar refractivity (Wildman–Crippen MR) is 88.7 cm³/mol. The van der Waals surface area contributed by atoms with E-state index < -0.39 is 0 Å². The predicted octanol–water partition coefficient (Wildman–Crippen LogP) is 4.25. The topological polar surface area (TPSA) is 41.1 Å². The lowest BCUT2D eigenvalue weighted by atomic mass is 10.0. The normalized spacial score (nSPS) is 12.0. The van der Waals surface area contributed by atoms with Crippen molar-refractivity contribution in [2.45, 2.75) is 32.7 Å². The molecule has 2 N–H and O–H groups in total. The van der Waals surface area contributed by atoms with Crippen molar-refractivity contribution in [3.63, 3.8) is 0 Å². The summed E-state index contributed by atoms with van der Waals surface area (Å²) < 4.78 is 0. The zero-order valence-electron chi connectivity index (χ0n) is 12.8. The second kappa shape index (κ2) is 6.93. The van der Waals surface area contributed by atoms with E-state index >= 15 is 0 Å². The minimum absolute atomic E-state index is 0.0419. The third-order valence-electron chi connectivity index (χ3n) is 3.39. The second-order valence-electron chi connectivity index (χ2n) is 5.46. The molecule has 2 aromatic carbocycles. The number of rotatable bonds is 5. The maximum atomic E-state index is 12.2. The van der Waals surface area contributed by atoms with Crippen molar-refractivity contribution in [1.29, 1.82) is 0 Å². The molecule has 2 aromatic rings. The van der Waals surface area contributed by atoms with E-state index in [1.165, 1.54) is 5.56 Å². The maximum absolute atomic E-state index is 12.2. The van der Waals surface area contributed by atoms with E-state index in [0.717, 1.165) is 11.4 Å². The lowest BCUT2D eigenvalue weighted by Crippen LogP contribution is -2.32. The highest BCUT2D eigenvalue weighted by Gasteiger charge is 2.15. The molecule has 2 rings (SSSR count). The molecule has 3 nitrogen and oxygen atoms in total. The minimum atomic E-state index is -0.301. The number of hydrogen-bond donors (Lipinski definition) is 2. The van der Waals surface area contributed by atoms with Crippen molar-refractivity contribution in [3.8, 4) is 0 Å². The summed E-state index contributed by atoms with van der Waals surface area (Å²) in [6.07, 6.45) is 0. The average molecular weight is 282 g/mol. The van der Waals surface area contributed by atoms with Gasteiger partial charge in [0.15, 0.2) is 0 Å². The van der Waals surface area contributed by atoms with E-state index in [9.17, 15) is 4.79 Å². The first-order valence-corrected chi connectivity index (χ1v) is 7.29. The van der Waals surface area contributed by atoms with E-state index in [1.54, 1.807) is 0 Å². The summed E-state index contributed by atoms with van der Waals surface area (Å²) in [5.41, 5.74) is 3.05. The number of carbonyl (C=O) groups excluding carboxylic acids is 1. The van der Waals surface area contributed by atoms with Crippen molar-refractivity contribution in [1.82, 2.24) is 0 Å². The number of para-hydroxylation sites is 2. The Morgan fingerprint density at radius 2 is 1.52 bits per heavy atom. The summed E-state index contributed by atoms with van der Waals surface area (Å²) in [6, 6.07) is 17.3. The van der Waals surface area contributed by atoms with Crippen LogP contribution in [0.1, 0.15) is 32.3 Å². The molecule has 0 aliphatic carbocycles. The van der Waals surface area contributed by atoms with Gasteiger partial charge in [0, 0.05) is 11.4 Å². The minimum Gasteiger partial charge on any atom is -0.374 e. The van der Waals surface area contributed by atoms with Gasteiger partial charge in [0.25, 0.3) is 0 Å². The molecule has 0 radical (unpaired) electrons. The fourth-order valence-corrected chi connectivity index (χ4v) is 2.20. The fraction of sp³-hybridized carbons (Fsp3) is 0.278. The molecular weight excluding hydrogens is 260 g/mol. The van der Waals surface area contributed by atoms with Crippen LogP contribution in [0.4, 0.5) is 11.4 Å². The SMILES string of the molecule is CC(Nc1ccccc1C(C)C)C(=O)Nc1ccccc1. The van der Waals surface area contributed by atoms with Crippen molar-refractivity contribution >= 4 is 17.3 Å². The molecule has 0 aromatic heterocycles. The van der Waals surface area contributed by atoms with Gasteiger partial charge in [-0.25, -0.2) is 0 Å². The van der Waals surface area contributed by atoms with Gasteiger partial charge in [-0.3, -0.25) is 4.79 Å². The highest BCUT2D eigenvalue weighted by molar-refractivity contribution is 5.96. The first kappa shape index (κ1) is 15.1. The van der Waals surface area contributed by atoms with Gasteiger partial charge in [0.1, 0.15) is 6.04 Å². The van der Waals surface area contributed by atoms with E-state index in [4.69, 9.17) is 0 Å². The maximum Gasteiger partial charge on any atom is 0.246 e. The Morgan fingerprint density at radius 3 is 2.19 bits per heavy atom. The quantitative estimate of drug-likeness (QED) is 0.860. The smallest absolute Gasteiger partial charge is 0.246 e. The molecule has 1 atom stereocenters. The first-order chi connectivity index (χ1) is 10.1. The van der Waals surface area contributed by atoms with Crippen LogP contribution in [-0.2, 0) is 4.79 Å². The van der Waals surface area contributed by atoms with Crippen LogP contribution in [0.15, 0.2) is 54.6 Å². The molecule has 0 saturated heterocycles. The summed E-state index contributed by atoms with van der Waals surface area (Å²) >= 11 is 0. The van der Waals surface area contributed by atoms with Gasteiger partial charge in [-0.1, -0.05) is 50.2 Å². The number of anilines is 2. The number of carbonyl (C=O) groups is 1. The molecule has 0 aliphatic heterocycles. The van der Waals surface area contributed by atoms with Gasteiger partial charge in [-0.15, -0.1) is 0 Å². The Bertz CT molecular complexity index is 593. The molecule has 0 bridgehead atoms. The van der Waals surface area contributed by atoms with Gasteiger partial charge >= 0.3 is 0 Å². The van der Waals surface area contributed by atoms with Crippen LogP contribution in [0.25, 0.3) is 0 Å². The molecule has 1 unspecified atom stereocenters. The summed E-state index contributed by atoms with van der Waals surface area (Å²) in [5, 5.41) is 6.21. The number of nitrogens with one attached hydrogen (secondary N) is 2. The van der Waals surface area contributed by atoms with Crippen LogP contribution in [0.5, 0.6) is 0 Å². The molecule has 0 spiro atoms. The van der Waals surface area contributed by atoms with Gasteiger partial charge in [0.05, 0.1) is 0 Å². The summed E-state index contributed by atoms with van der Waals surface area (Å²) in [7, 11) is 0. The van der Waals surface area contributed by atoms with Gasteiger partial charge in [0.2, 0.25) is 5.91 Å². The van der Waals surface area contributed by atoms with Crippen LogP contribution in [0.3, 0.4) is 0 Å². The molecule has 110 valence electrons. The fourth-order valence-electron chi connectivity index (χ4n) is 2.20. The van der Waals surface area contributed by atoms with Crippen molar-refractivity contribution < 1.29 is 4.79 Å². The van der Waals surface area contributed by atoms with Gasteiger partial charge in [-0.05, 0) is 36.6 Å². The first-order valence-electron chi connectivity index (χ1n) is 7.29. The Balaban J connectivity index is 2.04. The van der Waals surface area contributed by atoms with Gasteiger partial charge in [-0.2, -0.15) is 0 Å². The molecule has 0 saturated carbocycles. The van der Waals surface area contributed by atoms with Crippen LogP contribution in [0, 0.1) is 0 Å². The summed E-state index contributed by atoms with van der Waals surface area (Å²) in [4.78, 5) is 12.2. The zero-order chi connectivity index (χ0) is 15.2. The van der Waals surface area contributed by atoms with E-state index in [-0.39, 0.29) is 11.9 Å². The van der Waals surface area contributed by atoms with Gasteiger partial charge < -0.3 is 10.6 Å². The molecule has 1 amide bonds. The molecular formula is C18H22N2O. The Labute approximate surface area is 126 Å². The van der Waals surface area contributed by atoms with Crippen LogP contribution < -0.4 is 10.6 Å². The lowest BCUT2D eigenvalue weighted by Gasteiger charge is -2.19. The number of hydrogen-bond acceptors (Lipinski definition) is 2. The number of benzene rings is 2.